The molecule has 3 aliphatic heterocycles. The third kappa shape index (κ3) is 2.43. The summed E-state index contributed by atoms with van der Waals surface area (Å²) in [5, 5.41) is -0.459. The number of methoxy groups -OCH3 is 1. The van der Waals surface area contributed by atoms with Crippen LogP contribution in [0.1, 0.15) is 11.9 Å². The van der Waals surface area contributed by atoms with Crippen molar-refractivity contribution in [3.63, 3.8) is 0 Å². The normalized spacial score (nSPS) is 40.7. The van der Waals surface area contributed by atoms with Gasteiger partial charge in [-0.15, -0.1) is 0 Å². The number of thioether (sulfide) groups is 1. The molecule has 4 rings (SSSR count). The van der Waals surface area contributed by atoms with E-state index in [1.807, 2.05) is 30.3 Å². The lowest BCUT2D eigenvalue weighted by atomic mass is 10.0. The minimum absolute atomic E-state index is 0.147. The molecule has 3 fully saturated rings. The highest BCUT2D eigenvalue weighted by Crippen LogP contribution is 2.44. The van der Waals surface area contributed by atoms with E-state index in [1.54, 1.807) is 0 Å². The van der Waals surface area contributed by atoms with E-state index in [1.165, 1.54) is 7.11 Å². The van der Waals surface area contributed by atoms with Gasteiger partial charge in [0, 0.05) is 12.7 Å². The van der Waals surface area contributed by atoms with Crippen molar-refractivity contribution in [2.24, 2.45) is 0 Å². The Morgan fingerprint density at radius 2 is 2.00 bits per heavy atom. The monoisotopic (exact) mass is 324 g/mol. The van der Waals surface area contributed by atoms with Crippen molar-refractivity contribution in [1.29, 1.82) is 0 Å². The Morgan fingerprint density at radius 1 is 1.18 bits per heavy atom. The SMILES string of the molecule is CO[C@H]1O[C@@H]2COC(c3ccccc3)O[C@H]2[C@H]2SC(=O)O[C@@H]12. The zero-order valence-corrected chi connectivity index (χ0v) is 12.7. The summed E-state index contributed by atoms with van der Waals surface area (Å²) >= 11 is 1.15. The number of carbonyl (C=O) groups excluding carboxylic acids is 1. The van der Waals surface area contributed by atoms with E-state index >= 15 is 0 Å². The molecule has 7 heteroatoms. The fraction of sp³-hybridized carbons (Fsp3) is 0.533. The Bertz CT molecular complexity index is 552. The smallest absolute Gasteiger partial charge is 0.368 e. The van der Waals surface area contributed by atoms with Crippen LogP contribution in [0, 0.1) is 0 Å². The van der Waals surface area contributed by atoms with Gasteiger partial charge in [0.2, 0.25) is 0 Å². The van der Waals surface area contributed by atoms with Crippen LogP contribution in [0.25, 0.3) is 0 Å². The fourth-order valence-electron chi connectivity index (χ4n) is 3.03. The molecule has 0 amide bonds. The van der Waals surface area contributed by atoms with Crippen molar-refractivity contribution in [3.05, 3.63) is 35.9 Å². The average Bonchev–Trinajstić information content (AvgIpc) is 2.96. The number of hydrogen-bond acceptors (Lipinski definition) is 7. The van der Waals surface area contributed by atoms with Gasteiger partial charge in [-0.3, -0.25) is 0 Å². The number of ether oxygens (including phenoxy) is 5. The molecule has 0 radical (unpaired) electrons. The van der Waals surface area contributed by atoms with Crippen molar-refractivity contribution in [2.75, 3.05) is 13.7 Å². The molecule has 0 bridgehead atoms. The molecule has 1 aromatic carbocycles. The molecule has 118 valence electrons. The maximum absolute atomic E-state index is 11.6. The van der Waals surface area contributed by atoms with Gasteiger partial charge in [-0.25, -0.2) is 4.79 Å². The lowest BCUT2D eigenvalue weighted by molar-refractivity contribution is -0.327. The van der Waals surface area contributed by atoms with E-state index in [4.69, 9.17) is 23.7 Å². The Hall–Kier alpha value is -1.12. The lowest BCUT2D eigenvalue weighted by Crippen LogP contribution is -2.59. The minimum Gasteiger partial charge on any atom is -0.448 e. The molecule has 1 unspecified atom stereocenters. The van der Waals surface area contributed by atoms with Gasteiger partial charge in [0.25, 0.3) is 0 Å². The zero-order valence-electron chi connectivity index (χ0n) is 11.9. The van der Waals surface area contributed by atoms with Gasteiger partial charge in [-0.2, -0.15) is 0 Å². The highest BCUT2D eigenvalue weighted by Gasteiger charge is 2.56. The Kier molecular flexibility index (Phi) is 3.83. The zero-order chi connectivity index (χ0) is 15.1. The molecule has 0 spiro atoms. The van der Waals surface area contributed by atoms with Crippen LogP contribution in [-0.2, 0) is 23.7 Å². The van der Waals surface area contributed by atoms with Crippen molar-refractivity contribution in [2.45, 2.75) is 36.1 Å². The molecule has 3 aliphatic rings. The molecule has 0 aliphatic carbocycles. The second-order valence-corrected chi connectivity index (χ2v) is 6.48. The van der Waals surface area contributed by atoms with Crippen LogP contribution >= 0.6 is 11.8 Å². The third-order valence-electron chi connectivity index (χ3n) is 4.05. The number of hydrogen-bond donors (Lipinski definition) is 0. The van der Waals surface area contributed by atoms with Gasteiger partial charge in [-0.1, -0.05) is 30.3 Å². The second-order valence-electron chi connectivity index (χ2n) is 5.37. The standard InChI is InChI=1S/C15H16O6S/c1-17-14-11-12(22-15(16)21-11)10-9(19-14)7-18-13(20-10)8-5-3-2-4-6-8/h2-6,9-14H,7H2,1H3/t9-,10-,11-,12-,13?,14+/m1/s1. The van der Waals surface area contributed by atoms with Gasteiger partial charge < -0.3 is 23.7 Å². The molecule has 1 aromatic rings. The largest absolute Gasteiger partial charge is 0.448 e. The summed E-state index contributed by atoms with van der Waals surface area (Å²) in [6.07, 6.45) is -2.02. The number of benzene rings is 1. The highest BCUT2D eigenvalue weighted by molar-refractivity contribution is 8.14. The molecule has 6 atom stereocenters. The predicted molar refractivity (Wildman–Crippen MR) is 77.3 cm³/mol. The first-order chi connectivity index (χ1) is 10.8. The summed E-state index contributed by atoms with van der Waals surface area (Å²) in [6.45, 7) is 0.391. The van der Waals surface area contributed by atoms with Crippen LogP contribution < -0.4 is 0 Å². The molecule has 6 nitrogen and oxygen atoms in total. The average molecular weight is 324 g/mol. The second kappa shape index (κ2) is 5.82. The van der Waals surface area contributed by atoms with E-state index in [2.05, 4.69) is 0 Å². The number of rotatable bonds is 2. The Balaban J connectivity index is 1.56. The molecule has 0 N–H and O–H groups in total. The van der Waals surface area contributed by atoms with Crippen LogP contribution in [0.4, 0.5) is 4.79 Å². The minimum atomic E-state index is -0.578. The molecule has 3 heterocycles. The quantitative estimate of drug-likeness (QED) is 0.772. The van der Waals surface area contributed by atoms with Gasteiger partial charge in [0.15, 0.2) is 18.7 Å². The number of carbonyl (C=O) groups is 1. The van der Waals surface area contributed by atoms with Crippen molar-refractivity contribution in [1.82, 2.24) is 0 Å². The van der Waals surface area contributed by atoms with Crippen LogP contribution in [-0.4, -0.2) is 48.9 Å². The maximum Gasteiger partial charge on any atom is 0.368 e. The fourth-order valence-corrected chi connectivity index (χ4v) is 4.11. The third-order valence-corrected chi connectivity index (χ3v) is 5.15. The maximum atomic E-state index is 11.6. The lowest BCUT2D eigenvalue weighted by Gasteiger charge is -2.45. The van der Waals surface area contributed by atoms with Crippen molar-refractivity contribution >= 4 is 17.1 Å². The highest BCUT2D eigenvalue weighted by atomic mass is 32.2. The Morgan fingerprint density at radius 3 is 2.77 bits per heavy atom. The summed E-state index contributed by atoms with van der Waals surface area (Å²) in [6, 6.07) is 9.72. The van der Waals surface area contributed by atoms with E-state index in [9.17, 15) is 4.79 Å². The molecular formula is C15H16O6S. The first kappa shape index (κ1) is 14.5. The topological polar surface area (TPSA) is 63.2 Å². The van der Waals surface area contributed by atoms with Gasteiger partial charge in [0.1, 0.15) is 12.2 Å². The molecule has 3 saturated heterocycles. The van der Waals surface area contributed by atoms with E-state index in [0.29, 0.717) is 6.61 Å². The van der Waals surface area contributed by atoms with Crippen molar-refractivity contribution < 1.29 is 28.5 Å². The summed E-state index contributed by atoms with van der Waals surface area (Å²) in [5.74, 6) is 0. The van der Waals surface area contributed by atoms with Crippen LogP contribution in [0.15, 0.2) is 30.3 Å². The summed E-state index contributed by atoms with van der Waals surface area (Å²) in [4.78, 5) is 11.6. The summed E-state index contributed by atoms with van der Waals surface area (Å²) < 4.78 is 28.3. The molecule has 22 heavy (non-hydrogen) atoms. The first-order valence-corrected chi connectivity index (χ1v) is 8.02. The molecule has 0 saturated carbocycles. The number of fused-ring (bicyclic) bond motifs is 3. The molecular weight excluding hydrogens is 308 g/mol. The van der Waals surface area contributed by atoms with Crippen LogP contribution in [0.5, 0.6) is 0 Å². The molecule has 0 aromatic heterocycles. The van der Waals surface area contributed by atoms with Crippen LogP contribution in [0.3, 0.4) is 0 Å². The first-order valence-electron chi connectivity index (χ1n) is 7.14. The predicted octanol–water partition coefficient (Wildman–Crippen LogP) is 2.09. The van der Waals surface area contributed by atoms with Gasteiger partial charge in [0.05, 0.1) is 11.9 Å². The summed E-state index contributed by atoms with van der Waals surface area (Å²) in [7, 11) is 1.54. The van der Waals surface area contributed by atoms with E-state index in [0.717, 1.165) is 17.3 Å². The van der Waals surface area contributed by atoms with Crippen molar-refractivity contribution in [3.8, 4) is 0 Å². The van der Waals surface area contributed by atoms with E-state index < -0.39 is 18.7 Å². The van der Waals surface area contributed by atoms with Crippen LogP contribution in [0.2, 0.25) is 0 Å². The summed E-state index contributed by atoms with van der Waals surface area (Å²) in [5.41, 5.74) is 0.946. The Labute approximate surface area is 132 Å². The van der Waals surface area contributed by atoms with Gasteiger partial charge in [-0.05, 0) is 11.8 Å². The van der Waals surface area contributed by atoms with Gasteiger partial charge >= 0.3 is 5.30 Å². The van der Waals surface area contributed by atoms with E-state index in [-0.39, 0.29) is 22.8 Å².